The second-order valence-corrected chi connectivity index (χ2v) is 4.03. The van der Waals surface area contributed by atoms with Gasteiger partial charge >= 0.3 is 21.7 Å². The van der Waals surface area contributed by atoms with E-state index in [0.717, 1.165) is 45.7 Å². The van der Waals surface area contributed by atoms with Gasteiger partial charge in [-0.25, -0.2) is 11.6 Å². The summed E-state index contributed by atoms with van der Waals surface area (Å²) in [6.45, 7) is 20.1. The van der Waals surface area contributed by atoms with Crippen LogP contribution >= 0.6 is 0 Å². The number of rotatable bonds is 6. The standard InChI is InChI=1S/C6H7.3C4H10N.Ti/c1-6-4-2-3-5-6;3*1-3-5-4-2;/h2,4H,3H2,1H3;3*3-4H2,1-2H3;/q4*-1;+4. The van der Waals surface area contributed by atoms with Gasteiger partial charge in [0.05, 0.1) is 0 Å². The van der Waals surface area contributed by atoms with Crippen molar-refractivity contribution in [2.45, 2.75) is 54.9 Å². The predicted molar refractivity (Wildman–Crippen MR) is 99.5 cm³/mol. The predicted octanol–water partition coefficient (Wildman–Crippen LogP) is 5.89. The third-order valence-corrected chi connectivity index (χ3v) is 2.21. The van der Waals surface area contributed by atoms with Crippen LogP contribution in [0.4, 0.5) is 0 Å². The van der Waals surface area contributed by atoms with Gasteiger partial charge in [0.25, 0.3) is 0 Å². The molecule has 0 atom stereocenters. The Kier molecular flexibility index (Phi) is 44.8. The minimum absolute atomic E-state index is 0. The van der Waals surface area contributed by atoms with E-state index in [0.29, 0.717) is 0 Å². The van der Waals surface area contributed by atoms with Gasteiger partial charge < -0.3 is 16.0 Å². The minimum Gasteiger partial charge on any atom is -0.663 e. The van der Waals surface area contributed by atoms with E-state index in [9.17, 15) is 0 Å². The average molecular weight is 343 g/mol. The van der Waals surface area contributed by atoms with Crippen molar-refractivity contribution in [2.24, 2.45) is 0 Å². The Balaban J connectivity index is -0.0000000973. The van der Waals surface area contributed by atoms with Crippen LogP contribution in [0.2, 0.25) is 0 Å². The van der Waals surface area contributed by atoms with Gasteiger partial charge in [-0.05, 0) is 0 Å². The van der Waals surface area contributed by atoms with E-state index >= 15 is 0 Å². The second kappa shape index (κ2) is 32.9. The molecule has 0 amide bonds. The molecular weight excluding hydrogens is 306 g/mol. The summed E-state index contributed by atoms with van der Waals surface area (Å²) >= 11 is 0. The zero-order valence-corrected chi connectivity index (χ0v) is 17.5. The maximum Gasteiger partial charge on any atom is 4.00 e. The van der Waals surface area contributed by atoms with E-state index in [-0.39, 0.29) is 21.7 Å². The Bertz CT molecular complexity index is 193. The molecule has 0 radical (unpaired) electrons. The van der Waals surface area contributed by atoms with Crippen molar-refractivity contribution < 1.29 is 21.7 Å². The molecule has 22 heavy (non-hydrogen) atoms. The van der Waals surface area contributed by atoms with E-state index in [1.165, 1.54) is 5.57 Å². The molecular formula is C18H37N3Ti. The van der Waals surface area contributed by atoms with Gasteiger partial charge in [-0.2, -0.15) is 45.3 Å². The molecule has 0 fully saturated rings. The Labute approximate surface area is 155 Å². The van der Waals surface area contributed by atoms with Crippen molar-refractivity contribution >= 4 is 0 Å². The maximum absolute atomic E-state index is 3.97. The fourth-order valence-corrected chi connectivity index (χ4v) is 1.19. The number of hydrogen-bond donors (Lipinski definition) is 0. The molecule has 0 aromatic carbocycles. The van der Waals surface area contributed by atoms with Crippen LogP contribution in [0.15, 0.2) is 17.7 Å². The van der Waals surface area contributed by atoms with Gasteiger partial charge in [-0.3, -0.25) is 6.08 Å². The summed E-state index contributed by atoms with van der Waals surface area (Å²) in [5.41, 5.74) is 1.27. The Morgan fingerprint density at radius 1 is 0.773 bits per heavy atom. The third-order valence-electron chi connectivity index (χ3n) is 2.21. The fraction of sp³-hybridized carbons (Fsp3) is 0.778. The molecule has 1 aliphatic carbocycles. The summed E-state index contributed by atoms with van der Waals surface area (Å²) in [7, 11) is 0. The molecule has 0 unspecified atom stereocenters. The van der Waals surface area contributed by atoms with Crippen LogP contribution in [-0.2, 0) is 21.7 Å². The number of nitrogens with zero attached hydrogens (tertiary/aromatic N) is 3. The first-order valence-electron chi connectivity index (χ1n) is 8.27. The largest absolute Gasteiger partial charge is 4.00 e. The van der Waals surface area contributed by atoms with Crippen LogP contribution < -0.4 is 0 Å². The molecule has 1 rings (SSSR count). The molecule has 0 bridgehead atoms. The molecule has 0 aromatic heterocycles. The Morgan fingerprint density at radius 3 is 1.14 bits per heavy atom. The van der Waals surface area contributed by atoms with E-state index in [1.807, 2.05) is 41.5 Å². The molecule has 0 aliphatic heterocycles. The molecule has 0 N–H and O–H groups in total. The van der Waals surface area contributed by atoms with E-state index in [4.69, 9.17) is 0 Å². The van der Waals surface area contributed by atoms with Crippen LogP contribution in [0.1, 0.15) is 54.9 Å². The van der Waals surface area contributed by atoms with E-state index in [1.54, 1.807) is 0 Å². The third kappa shape index (κ3) is 42.7. The van der Waals surface area contributed by atoms with Crippen molar-refractivity contribution in [3.63, 3.8) is 0 Å². The minimum atomic E-state index is 0. The van der Waals surface area contributed by atoms with E-state index < -0.39 is 0 Å². The van der Waals surface area contributed by atoms with Gasteiger partial charge in [-0.15, -0.1) is 6.42 Å². The van der Waals surface area contributed by atoms with Crippen molar-refractivity contribution in [1.82, 2.24) is 0 Å². The maximum atomic E-state index is 3.97. The van der Waals surface area contributed by atoms with Gasteiger partial charge in [-0.1, -0.05) is 48.5 Å². The van der Waals surface area contributed by atoms with Crippen LogP contribution in [0.3, 0.4) is 0 Å². The van der Waals surface area contributed by atoms with E-state index in [2.05, 4.69) is 41.1 Å². The van der Waals surface area contributed by atoms with Crippen molar-refractivity contribution in [3.05, 3.63) is 39.8 Å². The van der Waals surface area contributed by atoms with Crippen LogP contribution in [-0.4, -0.2) is 39.3 Å². The summed E-state index contributed by atoms with van der Waals surface area (Å²) in [5, 5.41) is 11.9. The zero-order valence-electron chi connectivity index (χ0n) is 15.9. The number of allylic oxidation sites excluding steroid dienone is 4. The molecule has 0 saturated carbocycles. The van der Waals surface area contributed by atoms with Crippen LogP contribution in [0.5, 0.6) is 0 Å². The quantitative estimate of drug-likeness (QED) is 0.426. The molecule has 0 aromatic rings. The molecule has 1 aliphatic rings. The van der Waals surface area contributed by atoms with Crippen LogP contribution in [0.25, 0.3) is 16.0 Å². The molecule has 0 saturated heterocycles. The Morgan fingerprint density at radius 2 is 1.09 bits per heavy atom. The van der Waals surface area contributed by atoms with Crippen molar-refractivity contribution in [3.8, 4) is 0 Å². The van der Waals surface area contributed by atoms with Gasteiger partial charge in [0.15, 0.2) is 0 Å². The fourth-order valence-electron chi connectivity index (χ4n) is 1.19. The first-order valence-corrected chi connectivity index (χ1v) is 8.27. The molecule has 3 nitrogen and oxygen atoms in total. The normalized spacial score (nSPS) is 10.8. The van der Waals surface area contributed by atoms with Gasteiger partial charge in [0.1, 0.15) is 0 Å². The SMILES string of the molecule is CC1=[C-]CC=C1.CC[N-]CC.CC[N-]CC.CC[N-]CC.[Ti+4]. The molecule has 128 valence electrons. The zero-order chi connectivity index (χ0) is 16.8. The summed E-state index contributed by atoms with van der Waals surface area (Å²) in [4.78, 5) is 0. The molecule has 4 heteroatoms. The summed E-state index contributed by atoms with van der Waals surface area (Å²) in [5.74, 6) is 0. The van der Waals surface area contributed by atoms with Crippen molar-refractivity contribution in [1.29, 1.82) is 0 Å². The monoisotopic (exact) mass is 343 g/mol. The number of hydrogen-bond acceptors (Lipinski definition) is 0. The summed E-state index contributed by atoms with van der Waals surface area (Å²) < 4.78 is 0. The molecule has 0 spiro atoms. The van der Waals surface area contributed by atoms with Gasteiger partial charge in [0, 0.05) is 0 Å². The van der Waals surface area contributed by atoms with Crippen molar-refractivity contribution in [2.75, 3.05) is 39.3 Å². The van der Waals surface area contributed by atoms with Gasteiger partial charge in [0.2, 0.25) is 0 Å². The summed E-state index contributed by atoms with van der Waals surface area (Å²) in [6, 6.07) is 0. The first-order chi connectivity index (χ1) is 10.1. The second-order valence-electron chi connectivity index (χ2n) is 4.03. The Hall–Kier alpha value is 0.0743. The smallest absolute Gasteiger partial charge is 0.663 e. The summed E-state index contributed by atoms with van der Waals surface area (Å²) in [6.07, 6.45) is 8.33. The van der Waals surface area contributed by atoms with Crippen LogP contribution in [0, 0.1) is 6.08 Å². The topological polar surface area (TPSA) is 42.3 Å². The first kappa shape index (κ1) is 30.0. The molecule has 0 heterocycles. The average Bonchev–Trinajstić information content (AvgIpc) is 2.95.